The molecule has 208 valence electrons. The van der Waals surface area contributed by atoms with Gasteiger partial charge in [0.15, 0.2) is 5.11 Å². The first-order chi connectivity index (χ1) is 18.0. The van der Waals surface area contributed by atoms with Gasteiger partial charge >= 0.3 is 0 Å². The number of benzene rings is 1. The number of thiocarbonyl (C=S) groups is 1. The van der Waals surface area contributed by atoms with E-state index in [9.17, 15) is 18.0 Å². The zero-order valence-corrected chi connectivity index (χ0v) is 24.4. The summed E-state index contributed by atoms with van der Waals surface area (Å²) in [5.74, 6) is -1.09. The van der Waals surface area contributed by atoms with Crippen LogP contribution in [0.3, 0.4) is 0 Å². The molecule has 0 spiro atoms. The summed E-state index contributed by atoms with van der Waals surface area (Å²) >= 11 is 5.49. The van der Waals surface area contributed by atoms with Crippen LogP contribution in [0.25, 0.3) is 0 Å². The third-order valence-electron chi connectivity index (χ3n) is 6.21. The van der Waals surface area contributed by atoms with Crippen LogP contribution in [0.15, 0.2) is 59.8 Å². The molecule has 0 radical (unpaired) electrons. The van der Waals surface area contributed by atoms with E-state index in [0.29, 0.717) is 19.6 Å². The van der Waals surface area contributed by atoms with Crippen molar-refractivity contribution in [3.05, 3.63) is 65.4 Å². The van der Waals surface area contributed by atoms with E-state index in [1.54, 1.807) is 12.2 Å². The number of unbranched alkanes of at least 4 members (excludes halogenated alkanes) is 2. The lowest BCUT2D eigenvalue weighted by Crippen LogP contribution is -2.56. The minimum absolute atomic E-state index is 0.0806. The van der Waals surface area contributed by atoms with E-state index in [0.717, 1.165) is 42.6 Å². The van der Waals surface area contributed by atoms with Crippen LogP contribution < -0.4 is 4.90 Å². The third kappa shape index (κ3) is 8.89. The van der Waals surface area contributed by atoms with Gasteiger partial charge in [0.05, 0.1) is 5.75 Å². The predicted molar refractivity (Wildman–Crippen MR) is 156 cm³/mol. The van der Waals surface area contributed by atoms with Gasteiger partial charge < -0.3 is 4.90 Å². The molecule has 1 heterocycles. The molecule has 1 aromatic carbocycles. The SMILES string of the molecule is CCCCN1C(=O)C(=C/C=C/C=C(\C)N(CCCS(=O)(=O)O)c2ccccc2C)C(=O)N(CCCC)C1=S. The maximum absolute atomic E-state index is 13.1. The molecular weight excluding hydrogens is 522 g/mol. The highest BCUT2D eigenvalue weighted by atomic mass is 32.2. The van der Waals surface area contributed by atoms with Gasteiger partial charge in [-0.3, -0.25) is 23.9 Å². The van der Waals surface area contributed by atoms with E-state index in [4.69, 9.17) is 16.8 Å². The van der Waals surface area contributed by atoms with Gasteiger partial charge in [-0.1, -0.05) is 57.0 Å². The average Bonchev–Trinajstić information content (AvgIpc) is 2.86. The van der Waals surface area contributed by atoms with Crippen molar-refractivity contribution < 1.29 is 22.6 Å². The summed E-state index contributed by atoms with van der Waals surface area (Å²) < 4.78 is 31.6. The number of nitrogens with zero attached hydrogens (tertiary/aromatic N) is 3. The molecule has 8 nitrogen and oxygen atoms in total. The van der Waals surface area contributed by atoms with Crippen LogP contribution in [0.5, 0.6) is 0 Å². The zero-order chi connectivity index (χ0) is 28.3. The molecule has 0 aliphatic carbocycles. The van der Waals surface area contributed by atoms with Crippen molar-refractivity contribution in [3.8, 4) is 0 Å². The maximum Gasteiger partial charge on any atom is 0.265 e. The molecule has 2 rings (SSSR count). The second kappa shape index (κ2) is 14.9. The summed E-state index contributed by atoms with van der Waals surface area (Å²) in [6.45, 7) is 9.26. The van der Waals surface area contributed by atoms with Gasteiger partial charge in [0.25, 0.3) is 21.9 Å². The molecule has 1 aliphatic rings. The Kier molecular flexibility index (Phi) is 12.3. The van der Waals surface area contributed by atoms with E-state index in [2.05, 4.69) is 0 Å². The molecule has 10 heteroatoms. The Balaban J connectivity index is 2.31. The number of rotatable bonds is 14. The number of allylic oxidation sites excluding steroid dienone is 5. The molecule has 1 aromatic rings. The first-order valence-electron chi connectivity index (χ1n) is 13.0. The first-order valence-corrected chi connectivity index (χ1v) is 15.0. The van der Waals surface area contributed by atoms with Gasteiger partial charge in [0.1, 0.15) is 5.57 Å². The topological polar surface area (TPSA) is 98.2 Å². The van der Waals surface area contributed by atoms with Crippen molar-refractivity contribution >= 4 is 45.0 Å². The maximum atomic E-state index is 13.1. The summed E-state index contributed by atoms with van der Waals surface area (Å²) in [6, 6.07) is 7.75. The Morgan fingerprint density at radius 2 is 1.58 bits per heavy atom. The molecule has 0 saturated carbocycles. The Morgan fingerprint density at radius 3 is 2.11 bits per heavy atom. The fourth-order valence-corrected chi connectivity index (χ4v) is 4.91. The van der Waals surface area contributed by atoms with Gasteiger partial charge in [0, 0.05) is 31.0 Å². The second-order valence-corrected chi connectivity index (χ2v) is 11.2. The van der Waals surface area contributed by atoms with Crippen LogP contribution in [0.2, 0.25) is 0 Å². The average molecular weight is 562 g/mol. The number of hydrogen-bond acceptors (Lipinski definition) is 6. The van der Waals surface area contributed by atoms with Crippen LogP contribution >= 0.6 is 12.2 Å². The number of amides is 2. The van der Waals surface area contributed by atoms with E-state index < -0.39 is 10.1 Å². The third-order valence-corrected chi connectivity index (χ3v) is 7.46. The van der Waals surface area contributed by atoms with Crippen molar-refractivity contribution in [2.24, 2.45) is 0 Å². The Labute approximate surface area is 232 Å². The number of aryl methyl sites for hydroxylation is 1. The molecule has 0 bridgehead atoms. The number of carbonyl (C=O) groups is 2. The molecule has 1 aliphatic heterocycles. The van der Waals surface area contributed by atoms with Crippen LogP contribution in [0.4, 0.5) is 5.69 Å². The highest BCUT2D eigenvalue weighted by Crippen LogP contribution is 2.24. The van der Waals surface area contributed by atoms with Crippen molar-refractivity contribution in [1.82, 2.24) is 9.80 Å². The van der Waals surface area contributed by atoms with Crippen molar-refractivity contribution in [2.45, 2.75) is 59.8 Å². The van der Waals surface area contributed by atoms with Gasteiger partial charge in [-0.2, -0.15) is 8.42 Å². The lowest BCUT2D eigenvalue weighted by atomic mass is 10.1. The molecule has 2 amide bonds. The van der Waals surface area contributed by atoms with Gasteiger partial charge in [0.2, 0.25) is 0 Å². The Bertz CT molecular complexity index is 1170. The number of carbonyl (C=O) groups excluding carboxylic acids is 2. The van der Waals surface area contributed by atoms with Crippen molar-refractivity contribution in [1.29, 1.82) is 0 Å². The highest BCUT2D eigenvalue weighted by molar-refractivity contribution is 7.85. The van der Waals surface area contributed by atoms with Crippen LogP contribution in [0.1, 0.15) is 58.4 Å². The van der Waals surface area contributed by atoms with Crippen LogP contribution in [-0.2, 0) is 19.7 Å². The largest absolute Gasteiger partial charge is 0.345 e. The zero-order valence-electron chi connectivity index (χ0n) is 22.7. The number of hydrogen-bond donors (Lipinski definition) is 1. The molecule has 0 atom stereocenters. The van der Waals surface area contributed by atoms with E-state index in [1.165, 1.54) is 15.9 Å². The highest BCUT2D eigenvalue weighted by Gasteiger charge is 2.38. The molecule has 1 fully saturated rings. The standard InChI is InChI=1S/C28H39N3O5S2/c1-5-7-18-30-26(32)24(27(33)31(28(30)37)19-8-6-2)16-11-10-15-23(4)29(20-13-21-38(34,35)36)25-17-12-9-14-22(25)3/h9-12,14-17H,5-8,13,18-21H2,1-4H3,(H,34,35,36)/b11-10+,23-15+. The molecule has 0 aromatic heterocycles. The summed E-state index contributed by atoms with van der Waals surface area (Å²) in [4.78, 5) is 31.3. The van der Waals surface area contributed by atoms with Crippen molar-refractivity contribution in [3.63, 3.8) is 0 Å². The molecule has 1 saturated heterocycles. The van der Waals surface area contributed by atoms with E-state index in [1.807, 2.05) is 62.9 Å². The van der Waals surface area contributed by atoms with Gasteiger partial charge in [-0.15, -0.1) is 0 Å². The summed E-state index contributed by atoms with van der Waals surface area (Å²) in [5.41, 5.74) is 2.86. The lowest BCUT2D eigenvalue weighted by molar-refractivity contribution is -0.133. The quantitative estimate of drug-likeness (QED) is 0.112. The van der Waals surface area contributed by atoms with E-state index in [-0.39, 0.29) is 34.7 Å². The lowest BCUT2D eigenvalue weighted by Gasteiger charge is -2.36. The summed E-state index contributed by atoms with van der Waals surface area (Å²) in [6.07, 6.45) is 10.4. The van der Waals surface area contributed by atoms with Gasteiger partial charge in [-0.05, 0) is 69.1 Å². The number of anilines is 1. The minimum Gasteiger partial charge on any atom is -0.345 e. The smallest absolute Gasteiger partial charge is 0.265 e. The summed E-state index contributed by atoms with van der Waals surface area (Å²) in [7, 11) is -4.06. The minimum atomic E-state index is -4.06. The fourth-order valence-electron chi connectivity index (χ4n) is 4.07. The fraction of sp³-hybridized carbons (Fsp3) is 0.464. The van der Waals surface area contributed by atoms with Gasteiger partial charge in [-0.25, -0.2) is 0 Å². The van der Waals surface area contributed by atoms with Crippen molar-refractivity contribution in [2.75, 3.05) is 30.3 Å². The molecule has 1 N–H and O–H groups in total. The first kappa shape index (κ1) is 31.4. The normalized spacial score (nSPS) is 15.1. The number of para-hydroxylation sites is 1. The molecular formula is C28H39N3O5S2. The Morgan fingerprint density at radius 1 is 1.00 bits per heavy atom. The monoisotopic (exact) mass is 561 g/mol. The molecule has 38 heavy (non-hydrogen) atoms. The van der Waals surface area contributed by atoms with E-state index >= 15 is 0 Å². The van der Waals surface area contributed by atoms with Crippen LogP contribution in [-0.4, -0.2) is 65.1 Å². The molecule has 0 unspecified atom stereocenters. The van der Waals surface area contributed by atoms with Crippen LogP contribution in [0, 0.1) is 6.92 Å². The summed E-state index contributed by atoms with van der Waals surface area (Å²) in [5, 5.41) is 0.275. The predicted octanol–water partition coefficient (Wildman–Crippen LogP) is 5.02. The second-order valence-electron chi connectivity index (χ2n) is 9.25. The Hall–Kier alpha value is -2.82.